The van der Waals surface area contributed by atoms with Gasteiger partial charge in [0.2, 0.25) is 5.91 Å². The molecule has 2 saturated heterocycles. The zero-order valence-electron chi connectivity index (χ0n) is 16.4. The van der Waals surface area contributed by atoms with Crippen LogP contribution in [0.1, 0.15) is 41.6 Å². The minimum absolute atomic E-state index is 0.130. The Hall–Kier alpha value is -2.86. The van der Waals surface area contributed by atoms with E-state index in [0.717, 1.165) is 49.4 Å². The molecule has 0 saturated carbocycles. The minimum atomic E-state index is -0.130. The van der Waals surface area contributed by atoms with Crippen LogP contribution in [-0.2, 0) is 16.1 Å². The van der Waals surface area contributed by atoms with Crippen LogP contribution in [0, 0.1) is 0 Å². The standard InChI is InChI=1S/C23H26N2O4/c26-22-4-1-13-25(22)19-9-5-17(6-10-19)15-24-23(27)18-7-11-20(12-8-18)29-16-21-3-2-14-28-21/h5-12,21H,1-4,13-16H2,(H,24,27)/t21-/m0/s1. The van der Waals surface area contributed by atoms with Gasteiger partial charge in [0.1, 0.15) is 12.4 Å². The van der Waals surface area contributed by atoms with Crippen LogP contribution >= 0.6 is 0 Å². The first-order valence-electron chi connectivity index (χ1n) is 10.2. The van der Waals surface area contributed by atoms with Crippen molar-refractivity contribution < 1.29 is 19.1 Å². The molecule has 6 heteroatoms. The fourth-order valence-corrected chi connectivity index (χ4v) is 3.67. The van der Waals surface area contributed by atoms with E-state index in [2.05, 4.69) is 5.32 Å². The van der Waals surface area contributed by atoms with Crippen LogP contribution in [0.3, 0.4) is 0 Å². The third-order valence-electron chi connectivity index (χ3n) is 5.35. The highest BCUT2D eigenvalue weighted by atomic mass is 16.5. The van der Waals surface area contributed by atoms with Crippen molar-refractivity contribution in [1.82, 2.24) is 5.32 Å². The molecule has 2 aliphatic heterocycles. The number of carbonyl (C=O) groups excluding carboxylic acids is 2. The number of hydrogen-bond donors (Lipinski definition) is 1. The van der Waals surface area contributed by atoms with Gasteiger partial charge in [-0.3, -0.25) is 9.59 Å². The summed E-state index contributed by atoms with van der Waals surface area (Å²) in [4.78, 5) is 26.0. The molecule has 2 heterocycles. The predicted octanol–water partition coefficient (Wildman–Crippen LogP) is 3.30. The van der Waals surface area contributed by atoms with Crippen LogP contribution < -0.4 is 15.0 Å². The number of benzene rings is 2. The number of hydrogen-bond acceptors (Lipinski definition) is 4. The first-order chi connectivity index (χ1) is 14.2. The summed E-state index contributed by atoms with van der Waals surface area (Å²) < 4.78 is 11.3. The maximum atomic E-state index is 12.4. The molecular weight excluding hydrogens is 368 g/mol. The van der Waals surface area contributed by atoms with Crippen LogP contribution in [0.5, 0.6) is 5.75 Å². The van der Waals surface area contributed by atoms with Gasteiger partial charge in [0.15, 0.2) is 0 Å². The van der Waals surface area contributed by atoms with Crippen molar-refractivity contribution in [3.63, 3.8) is 0 Å². The monoisotopic (exact) mass is 394 g/mol. The van der Waals surface area contributed by atoms with Crippen LogP contribution in [-0.4, -0.2) is 37.7 Å². The lowest BCUT2D eigenvalue weighted by molar-refractivity contribution is -0.117. The van der Waals surface area contributed by atoms with Crippen LogP contribution in [0.4, 0.5) is 5.69 Å². The van der Waals surface area contributed by atoms with E-state index in [1.807, 2.05) is 41.3 Å². The molecule has 6 nitrogen and oxygen atoms in total. The molecule has 1 N–H and O–H groups in total. The van der Waals surface area contributed by atoms with Crippen molar-refractivity contribution in [2.75, 3.05) is 24.7 Å². The van der Waals surface area contributed by atoms with Crippen LogP contribution in [0.15, 0.2) is 48.5 Å². The van der Waals surface area contributed by atoms with E-state index in [1.54, 1.807) is 12.1 Å². The Morgan fingerprint density at radius 1 is 1.10 bits per heavy atom. The number of rotatable bonds is 7. The van der Waals surface area contributed by atoms with Gasteiger partial charge in [-0.25, -0.2) is 0 Å². The summed E-state index contributed by atoms with van der Waals surface area (Å²) in [7, 11) is 0. The molecule has 0 radical (unpaired) electrons. The molecule has 29 heavy (non-hydrogen) atoms. The number of carbonyl (C=O) groups is 2. The molecule has 2 aromatic rings. The second kappa shape index (κ2) is 9.09. The molecule has 0 aromatic heterocycles. The number of ether oxygens (including phenoxy) is 2. The summed E-state index contributed by atoms with van der Waals surface area (Å²) in [6, 6.07) is 14.9. The lowest BCUT2D eigenvalue weighted by Crippen LogP contribution is -2.24. The van der Waals surface area contributed by atoms with E-state index < -0.39 is 0 Å². The largest absolute Gasteiger partial charge is 0.491 e. The van der Waals surface area contributed by atoms with E-state index in [4.69, 9.17) is 9.47 Å². The molecule has 4 rings (SSSR count). The molecule has 1 atom stereocenters. The second-order valence-electron chi connectivity index (χ2n) is 7.47. The van der Waals surface area contributed by atoms with Crippen molar-refractivity contribution in [2.45, 2.75) is 38.3 Å². The van der Waals surface area contributed by atoms with Crippen LogP contribution in [0.2, 0.25) is 0 Å². The van der Waals surface area contributed by atoms with Crippen molar-refractivity contribution >= 4 is 17.5 Å². The maximum Gasteiger partial charge on any atom is 0.251 e. The Balaban J connectivity index is 1.26. The summed E-state index contributed by atoms with van der Waals surface area (Å²) in [5, 5.41) is 2.93. The lowest BCUT2D eigenvalue weighted by atomic mass is 10.1. The van der Waals surface area contributed by atoms with Gasteiger partial charge in [0, 0.05) is 37.4 Å². The van der Waals surface area contributed by atoms with Crippen molar-refractivity contribution in [2.24, 2.45) is 0 Å². The van der Waals surface area contributed by atoms with Gasteiger partial charge in [-0.1, -0.05) is 12.1 Å². The Morgan fingerprint density at radius 2 is 1.90 bits per heavy atom. The molecule has 0 aliphatic carbocycles. The highest BCUT2D eigenvalue weighted by Gasteiger charge is 2.21. The zero-order valence-corrected chi connectivity index (χ0v) is 16.4. The molecule has 2 amide bonds. The minimum Gasteiger partial charge on any atom is -0.491 e. The number of nitrogens with one attached hydrogen (secondary N) is 1. The van der Waals surface area contributed by atoms with Gasteiger partial charge >= 0.3 is 0 Å². The summed E-state index contributed by atoms with van der Waals surface area (Å²) >= 11 is 0. The van der Waals surface area contributed by atoms with E-state index in [0.29, 0.717) is 25.1 Å². The third kappa shape index (κ3) is 4.95. The molecule has 2 fully saturated rings. The van der Waals surface area contributed by atoms with Crippen LogP contribution in [0.25, 0.3) is 0 Å². The molecule has 0 bridgehead atoms. The highest BCUT2D eigenvalue weighted by molar-refractivity contribution is 5.95. The number of anilines is 1. The fraction of sp³-hybridized carbons (Fsp3) is 0.391. The molecule has 2 aromatic carbocycles. The summed E-state index contributed by atoms with van der Waals surface area (Å²) in [6.45, 7) is 2.57. The molecule has 152 valence electrons. The van der Waals surface area contributed by atoms with Gasteiger partial charge in [0.05, 0.1) is 6.10 Å². The van der Waals surface area contributed by atoms with Gasteiger partial charge < -0.3 is 19.7 Å². The summed E-state index contributed by atoms with van der Waals surface area (Å²) in [5.74, 6) is 0.785. The second-order valence-corrected chi connectivity index (χ2v) is 7.47. The van der Waals surface area contributed by atoms with E-state index in [1.165, 1.54) is 0 Å². The van der Waals surface area contributed by atoms with E-state index >= 15 is 0 Å². The molecule has 2 aliphatic rings. The first kappa shape index (κ1) is 19.5. The highest BCUT2D eigenvalue weighted by Crippen LogP contribution is 2.21. The smallest absolute Gasteiger partial charge is 0.251 e. The average Bonchev–Trinajstić information content (AvgIpc) is 3.43. The molecular formula is C23H26N2O4. The van der Waals surface area contributed by atoms with E-state index in [9.17, 15) is 9.59 Å². The third-order valence-corrected chi connectivity index (χ3v) is 5.35. The molecule has 0 spiro atoms. The lowest BCUT2D eigenvalue weighted by Gasteiger charge is -2.16. The zero-order chi connectivity index (χ0) is 20.1. The number of amides is 2. The van der Waals surface area contributed by atoms with Gasteiger partial charge in [-0.05, 0) is 61.2 Å². The van der Waals surface area contributed by atoms with Crippen molar-refractivity contribution in [3.05, 3.63) is 59.7 Å². The normalized spacial score (nSPS) is 18.8. The SMILES string of the molecule is O=C(NCc1ccc(N2CCCC2=O)cc1)c1ccc(OC[C@@H]2CCCO2)cc1. The van der Waals surface area contributed by atoms with Crippen molar-refractivity contribution in [1.29, 1.82) is 0 Å². The quantitative estimate of drug-likeness (QED) is 0.782. The first-order valence-corrected chi connectivity index (χ1v) is 10.2. The average molecular weight is 394 g/mol. The fourth-order valence-electron chi connectivity index (χ4n) is 3.67. The summed E-state index contributed by atoms with van der Waals surface area (Å²) in [6.07, 6.45) is 3.83. The Kier molecular flexibility index (Phi) is 6.10. The Bertz CT molecular complexity index is 842. The topological polar surface area (TPSA) is 67.9 Å². The van der Waals surface area contributed by atoms with Gasteiger partial charge in [-0.15, -0.1) is 0 Å². The Labute approximate surface area is 170 Å². The summed E-state index contributed by atoms with van der Waals surface area (Å²) in [5.41, 5.74) is 2.50. The van der Waals surface area contributed by atoms with E-state index in [-0.39, 0.29) is 17.9 Å². The van der Waals surface area contributed by atoms with Crippen molar-refractivity contribution in [3.8, 4) is 5.75 Å². The van der Waals surface area contributed by atoms with Gasteiger partial charge in [0.25, 0.3) is 5.91 Å². The Morgan fingerprint density at radius 3 is 2.55 bits per heavy atom. The van der Waals surface area contributed by atoms with Gasteiger partial charge in [-0.2, -0.15) is 0 Å². The molecule has 0 unspecified atom stereocenters. The number of nitrogens with zero attached hydrogens (tertiary/aromatic N) is 1. The predicted molar refractivity (Wildman–Crippen MR) is 110 cm³/mol. The maximum absolute atomic E-state index is 12.4.